The third-order valence-corrected chi connectivity index (χ3v) is 5.34. The molecule has 1 aromatic carbocycles. The predicted octanol–water partition coefficient (Wildman–Crippen LogP) is 1.76. The van der Waals surface area contributed by atoms with Crippen molar-refractivity contribution in [1.29, 1.82) is 0 Å². The van der Waals surface area contributed by atoms with Gasteiger partial charge < -0.3 is 5.73 Å². The van der Waals surface area contributed by atoms with Crippen LogP contribution in [0.4, 0.5) is 0 Å². The molecule has 18 heavy (non-hydrogen) atoms. The van der Waals surface area contributed by atoms with Crippen molar-refractivity contribution in [2.75, 3.05) is 13.1 Å². The van der Waals surface area contributed by atoms with Crippen LogP contribution in [0, 0.1) is 0 Å². The molecule has 1 aliphatic heterocycles. The molecule has 2 N–H and O–H groups in total. The number of rotatable bonds is 3. The maximum absolute atomic E-state index is 12.3. The van der Waals surface area contributed by atoms with Crippen molar-refractivity contribution in [3.8, 4) is 0 Å². The quantitative estimate of drug-likeness (QED) is 0.864. The van der Waals surface area contributed by atoms with Crippen LogP contribution in [0.3, 0.4) is 0 Å². The lowest BCUT2D eigenvalue weighted by molar-refractivity contribution is 0.477. The Morgan fingerprint density at radius 1 is 1.33 bits per heavy atom. The van der Waals surface area contributed by atoms with Gasteiger partial charge in [-0.15, -0.1) is 0 Å². The summed E-state index contributed by atoms with van der Waals surface area (Å²) in [6.45, 7) is 1.13. The fraction of sp³-hybridized carbons (Fsp3) is 0.364. The second kappa shape index (κ2) is 5.13. The molecule has 0 amide bonds. The van der Waals surface area contributed by atoms with Crippen molar-refractivity contribution in [3.05, 3.63) is 28.8 Å². The monoisotopic (exact) mass is 304 g/mol. The zero-order valence-corrected chi connectivity index (χ0v) is 12.0. The van der Waals surface area contributed by atoms with Crippen molar-refractivity contribution < 1.29 is 8.42 Å². The summed E-state index contributed by atoms with van der Waals surface area (Å²) in [5.74, 6) is 0. The molecule has 1 fully saturated rings. The van der Waals surface area contributed by atoms with E-state index in [2.05, 4.69) is 0 Å². The van der Waals surface area contributed by atoms with Crippen LogP contribution in [-0.4, -0.2) is 30.8 Å². The minimum atomic E-state index is -3.44. The zero-order valence-electron chi connectivity index (χ0n) is 9.60. The third-order valence-electron chi connectivity index (χ3n) is 2.91. The molecule has 7 heteroatoms. The zero-order chi connectivity index (χ0) is 13.3. The molecule has 0 atom stereocenters. The minimum absolute atomic E-state index is 0.158. The van der Waals surface area contributed by atoms with Gasteiger partial charge in [0, 0.05) is 18.7 Å². The topological polar surface area (TPSA) is 63.4 Å². The van der Waals surface area contributed by atoms with Crippen molar-refractivity contribution in [2.45, 2.75) is 17.7 Å². The van der Waals surface area contributed by atoms with Gasteiger partial charge in [-0.2, -0.15) is 4.31 Å². The molecule has 2 rings (SSSR count). The van der Waals surface area contributed by atoms with Gasteiger partial charge in [-0.3, -0.25) is 0 Å². The van der Waals surface area contributed by atoms with Gasteiger partial charge in [0.05, 0.1) is 9.92 Å². The smallest absolute Gasteiger partial charge is 0.243 e. The average molecular weight is 305 g/mol. The molecular formula is C11H13ClN2O2S2. The van der Waals surface area contributed by atoms with E-state index < -0.39 is 10.0 Å². The summed E-state index contributed by atoms with van der Waals surface area (Å²) in [6, 6.07) is 4.45. The first-order valence-corrected chi connectivity index (χ1v) is 7.75. The van der Waals surface area contributed by atoms with Crippen LogP contribution in [-0.2, 0) is 10.0 Å². The van der Waals surface area contributed by atoms with Gasteiger partial charge >= 0.3 is 0 Å². The van der Waals surface area contributed by atoms with Crippen molar-refractivity contribution in [1.82, 2.24) is 4.31 Å². The second-order valence-electron chi connectivity index (χ2n) is 4.12. The fourth-order valence-electron chi connectivity index (χ4n) is 1.93. The summed E-state index contributed by atoms with van der Waals surface area (Å²) in [6.07, 6.45) is 1.80. The highest BCUT2D eigenvalue weighted by molar-refractivity contribution is 7.89. The molecule has 0 aromatic heterocycles. The SMILES string of the molecule is NC(=S)c1ccc(S(=O)(=O)N2CCCC2)cc1Cl. The van der Waals surface area contributed by atoms with Crippen LogP contribution < -0.4 is 5.73 Å². The first kappa shape index (κ1) is 13.7. The Balaban J connectivity index is 2.40. The largest absolute Gasteiger partial charge is 0.389 e. The fourth-order valence-corrected chi connectivity index (χ4v) is 4.06. The Morgan fingerprint density at radius 2 is 1.94 bits per heavy atom. The number of hydrogen-bond donors (Lipinski definition) is 1. The van der Waals surface area contributed by atoms with Crippen LogP contribution in [0.5, 0.6) is 0 Å². The molecule has 0 saturated carbocycles. The van der Waals surface area contributed by atoms with Gasteiger partial charge in [-0.1, -0.05) is 23.8 Å². The molecule has 98 valence electrons. The molecule has 0 spiro atoms. The minimum Gasteiger partial charge on any atom is -0.389 e. The molecule has 0 radical (unpaired) electrons. The number of nitrogens with two attached hydrogens (primary N) is 1. The van der Waals surface area contributed by atoms with Crippen molar-refractivity contribution in [3.63, 3.8) is 0 Å². The van der Waals surface area contributed by atoms with Crippen LogP contribution in [0.2, 0.25) is 5.02 Å². The molecule has 4 nitrogen and oxygen atoms in total. The molecule has 0 aliphatic carbocycles. The van der Waals surface area contributed by atoms with E-state index in [1.807, 2.05) is 0 Å². The maximum Gasteiger partial charge on any atom is 0.243 e. The highest BCUT2D eigenvalue weighted by atomic mass is 35.5. The lowest BCUT2D eigenvalue weighted by atomic mass is 10.2. The molecule has 1 aromatic rings. The summed E-state index contributed by atoms with van der Waals surface area (Å²) < 4.78 is 26.0. The Labute approximate surface area is 117 Å². The number of thiocarbonyl (C=S) groups is 1. The third kappa shape index (κ3) is 2.51. The lowest BCUT2D eigenvalue weighted by Gasteiger charge is -2.16. The average Bonchev–Trinajstić information content (AvgIpc) is 2.82. The van der Waals surface area contributed by atoms with Crippen LogP contribution in [0.25, 0.3) is 0 Å². The van der Waals surface area contributed by atoms with Gasteiger partial charge in [-0.25, -0.2) is 8.42 Å². The summed E-state index contributed by atoms with van der Waals surface area (Å²) in [4.78, 5) is 0.347. The van der Waals surface area contributed by atoms with Gasteiger partial charge in [0.25, 0.3) is 0 Å². The van der Waals surface area contributed by atoms with E-state index in [1.165, 1.54) is 16.4 Å². The van der Waals surface area contributed by atoms with Gasteiger partial charge in [0.2, 0.25) is 10.0 Å². The van der Waals surface area contributed by atoms with Gasteiger partial charge in [0.15, 0.2) is 0 Å². The number of benzene rings is 1. The van der Waals surface area contributed by atoms with E-state index in [-0.39, 0.29) is 14.9 Å². The normalized spacial score (nSPS) is 16.9. The van der Waals surface area contributed by atoms with Crippen molar-refractivity contribution in [2.24, 2.45) is 5.73 Å². The molecule has 1 saturated heterocycles. The van der Waals surface area contributed by atoms with E-state index in [0.717, 1.165) is 12.8 Å². The summed E-state index contributed by atoms with van der Waals surface area (Å²) in [5, 5.41) is 0.266. The van der Waals surface area contributed by atoms with E-state index in [4.69, 9.17) is 29.6 Å². The highest BCUT2D eigenvalue weighted by Crippen LogP contribution is 2.25. The molecule has 0 bridgehead atoms. The lowest BCUT2D eigenvalue weighted by Crippen LogP contribution is -2.28. The molecule has 1 aliphatic rings. The highest BCUT2D eigenvalue weighted by Gasteiger charge is 2.27. The van der Waals surface area contributed by atoms with Gasteiger partial charge in [-0.05, 0) is 31.0 Å². The summed E-state index contributed by atoms with van der Waals surface area (Å²) in [5.41, 5.74) is 5.98. The summed E-state index contributed by atoms with van der Waals surface area (Å²) in [7, 11) is -3.44. The van der Waals surface area contributed by atoms with Crippen molar-refractivity contribution >= 4 is 38.8 Å². The first-order valence-electron chi connectivity index (χ1n) is 5.52. The van der Waals surface area contributed by atoms with E-state index in [9.17, 15) is 8.42 Å². The van der Waals surface area contributed by atoms with Crippen LogP contribution >= 0.6 is 23.8 Å². The number of hydrogen-bond acceptors (Lipinski definition) is 3. The van der Waals surface area contributed by atoms with Crippen LogP contribution in [0.15, 0.2) is 23.1 Å². The number of halogens is 1. The van der Waals surface area contributed by atoms with Gasteiger partial charge in [0.1, 0.15) is 4.99 Å². The standard InChI is InChI=1S/C11H13ClN2O2S2/c12-10-7-8(3-4-9(10)11(13)17)18(15,16)14-5-1-2-6-14/h3-4,7H,1-2,5-6H2,(H2,13,17). The van der Waals surface area contributed by atoms with Crippen LogP contribution in [0.1, 0.15) is 18.4 Å². The van der Waals surface area contributed by atoms with E-state index in [1.54, 1.807) is 6.07 Å². The van der Waals surface area contributed by atoms with E-state index >= 15 is 0 Å². The van der Waals surface area contributed by atoms with E-state index in [0.29, 0.717) is 18.7 Å². The Hall–Kier alpha value is -0.690. The Bertz CT molecular complexity index is 581. The molecule has 1 heterocycles. The number of sulfonamides is 1. The molecular weight excluding hydrogens is 292 g/mol. The Morgan fingerprint density at radius 3 is 2.44 bits per heavy atom. The molecule has 0 unspecified atom stereocenters. The maximum atomic E-state index is 12.3. The summed E-state index contributed by atoms with van der Waals surface area (Å²) >= 11 is 10.8. The Kier molecular flexibility index (Phi) is 3.91. The first-order chi connectivity index (χ1) is 8.43. The number of nitrogens with zero attached hydrogens (tertiary/aromatic N) is 1. The predicted molar refractivity (Wildman–Crippen MR) is 75.3 cm³/mol. The second-order valence-corrected chi connectivity index (χ2v) is 6.90.